The molecule has 2 aliphatic rings. The molecule has 2 heterocycles. The Hall–Kier alpha value is -2.74. The van der Waals surface area contributed by atoms with Crippen LogP contribution in [0.5, 0.6) is 0 Å². The number of sulfonamides is 1. The van der Waals surface area contributed by atoms with E-state index in [9.17, 15) is 13.2 Å². The van der Waals surface area contributed by atoms with Crippen LogP contribution < -0.4 is 0 Å². The number of benzene rings is 2. The summed E-state index contributed by atoms with van der Waals surface area (Å²) >= 11 is 0. The van der Waals surface area contributed by atoms with E-state index in [4.69, 9.17) is 0 Å². The molecule has 0 bridgehead atoms. The van der Waals surface area contributed by atoms with Crippen molar-refractivity contribution in [1.82, 2.24) is 14.1 Å². The standard InChI is InChI=1S/C27H33N3O3S/c31-27(29-21-19-28(20-22-29)16-7-12-24-8-3-1-4-9-24)26-13-17-30(18-14-26)34(32,33)23-15-25-10-5-2-6-11-25/h1-12,15,23,26H,13-14,16-22H2/b12-7+,23-15+. The van der Waals surface area contributed by atoms with Gasteiger partial charge in [0.2, 0.25) is 15.9 Å². The van der Waals surface area contributed by atoms with Gasteiger partial charge in [0.25, 0.3) is 0 Å². The molecule has 0 spiro atoms. The van der Waals surface area contributed by atoms with Crippen molar-refractivity contribution in [3.05, 3.63) is 83.3 Å². The molecular formula is C27H33N3O3S. The lowest BCUT2D eigenvalue weighted by Crippen LogP contribution is -2.51. The molecule has 2 fully saturated rings. The van der Waals surface area contributed by atoms with E-state index in [1.54, 1.807) is 6.08 Å². The molecule has 6 nitrogen and oxygen atoms in total. The van der Waals surface area contributed by atoms with Crippen molar-refractivity contribution in [3.8, 4) is 0 Å². The number of carbonyl (C=O) groups excluding carboxylic acids is 1. The summed E-state index contributed by atoms with van der Waals surface area (Å²) in [6.07, 6.45) is 7.10. The van der Waals surface area contributed by atoms with Gasteiger partial charge in [0, 0.05) is 57.1 Å². The Labute approximate surface area is 203 Å². The Bertz CT molecular complexity index is 1080. The zero-order valence-corrected chi connectivity index (χ0v) is 20.3. The minimum Gasteiger partial charge on any atom is -0.340 e. The number of amides is 1. The molecule has 7 heteroatoms. The molecule has 0 saturated carbocycles. The van der Waals surface area contributed by atoms with Gasteiger partial charge in [-0.05, 0) is 30.0 Å². The van der Waals surface area contributed by atoms with Gasteiger partial charge in [-0.25, -0.2) is 8.42 Å². The third kappa shape index (κ3) is 6.65. The van der Waals surface area contributed by atoms with Gasteiger partial charge in [-0.1, -0.05) is 72.8 Å². The maximum atomic E-state index is 13.0. The van der Waals surface area contributed by atoms with Crippen molar-refractivity contribution in [2.75, 3.05) is 45.8 Å². The molecule has 180 valence electrons. The maximum Gasteiger partial charge on any atom is 0.236 e. The average molecular weight is 480 g/mol. The second-order valence-electron chi connectivity index (χ2n) is 8.87. The highest BCUT2D eigenvalue weighted by molar-refractivity contribution is 7.92. The van der Waals surface area contributed by atoms with Crippen LogP contribution in [0.4, 0.5) is 0 Å². The third-order valence-corrected chi connectivity index (χ3v) is 8.12. The zero-order chi connectivity index (χ0) is 23.8. The van der Waals surface area contributed by atoms with Crippen LogP contribution in [0.3, 0.4) is 0 Å². The van der Waals surface area contributed by atoms with Crippen molar-refractivity contribution < 1.29 is 13.2 Å². The van der Waals surface area contributed by atoms with Gasteiger partial charge in [-0.2, -0.15) is 4.31 Å². The van der Waals surface area contributed by atoms with E-state index in [0.717, 1.165) is 38.3 Å². The number of piperidine rings is 1. The van der Waals surface area contributed by atoms with Crippen LogP contribution >= 0.6 is 0 Å². The first-order valence-electron chi connectivity index (χ1n) is 12.0. The van der Waals surface area contributed by atoms with Crippen LogP contribution in [0.25, 0.3) is 12.2 Å². The molecule has 0 atom stereocenters. The van der Waals surface area contributed by atoms with Crippen LogP contribution in [0.2, 0.25) is 0 Å². The lowest BCUT2D eigenvalue weighted by Gasteiger charge is -2.38. The molecule has 0 unspecified atom stereocenters. The lowest BCUT2D eigenvalue weighted by atomic mass is 9.96. The second kappa shape index (κ2) is 11.6. The quantitative estimate of drug-likeness (QED) is 0.609. The van der Waals surface area contributed by atoms with Crippen LogP contribution in [-0.2, 0) is 14.8 Å². The summed E-state index contributed by atoms with van der Waals surface area (Å²) in [5, 5.41) is 1.27. The highest BCUT2D eigenvalue weighted by atomic mass is 32.2. The topological polar surface area (TPSA) is 60.9 Å². The highest BCUT2D eigenvalue weighted by Gasteiger charge is 2.33. The van der Waals surface area contributed by atoms with Gasteiger partial charge in [-0.15, -0.1) is 0 Å². The summed E-state index contributed by atoms with van der Waals surface area (Å²) in [5.74, 6) is 0.0884. The second-order valence-corrected chi connectivity index (χ2v) is 10.7. The monoisotopic (exact) mass is 479 g/mol. The molecule has 0 aromatic heterocycles. The molecule has 2 saturated heterocycles. The van der Waals surface area contributed by atoms with E-state index in [1.165, 1.54) is 15.3 Å². The summed E-state index contributed by atoms with van der Waals surface area (Å²) < 4.78 is 26.9. The minimum absolute atomic E-state index is 0.0888. The third-order valence-electron chi connectivity index (χ3n) is 6.55. The SMILES string of the molecule is O=C(C1CCN(S(=O)(=O)/C=C/c2ccccc2)CC1)N1CCN(C/C=C/c2ccccc2)CC1. The molecule has 4 rings (SSSR count). The molecule has 2 aromatic rings. The Morgan fingerprint density at radius 1 is 0.794 bits per heavy atom. The molecule has 0 aliphatic carbocycles. The molecule has 1 amide bonds. The Morgan fingerprint density at radius 2 is 1.35 bits per heavy atom. The number of piperazine rings is 1. The molecule has 0 radical (unpaired) electrons. The van der Waals surface area contributed by atoms with Crippen molar-refractivity contribution >= 4 is 28.1 Å². The molecule has 2 aliphatic heterocycles. The van der Waals surface area contributed by atoms with E-state index in [-0.39, 0.29) is 11.8 Å². The molecular weight excluding hydrogens is 446 g/mol. The van der Waals surface area contributed by atoms with Crippen molar-refractivity contribution in [3.63, 3.8) is 0 Å². The number of hydrogen-bond donors (Lipinski definition) is 0. The summed E-state index contributed by atoms with van der Waals surface area (Å²) in [4.78, 5) is 17.4. The van der Waals surface area contributed by atoms with Crippen LogP contribution in [0, 0.1) is 5.92 Å². The van der Waals surface area contributed by atoms with Gasteiger partial charge < -0.3 is 4.90 Å². The summed E-state index contributed by atoms with van der Waals surface area (Å²) in [7, 11) is -3.48. The average Bonchev–Trinajstić information content (AvgIpc) is 2.89. The van der Waals surface area contributed by atoms with Gasteiger partial charge in [0.15, 0.2) is 0 Å². The molecule has 2 aromatic carbocycles. The van der Waals surface area contributed by atoms with Gasteiger partial charge in [0.05, 0.1) is 0 Å². The number of rotatable bonds is 7. The highest BCUT2D eigenvalue weighted by Crippen LogP contribution is 2.23. The van der Waals surface area contributed by atoms with E-state index >= 15 is 0 Å². The molecule has 0 N–H and O–H groups in total. The first-order chi connectivity index (χ1) is 16.5. The summed E-state index contributed by atoms with van der Waals surface area (Å²) in [5.41, 5.74) is 2.05. The van der Waals surface area contributed by atoms with E-state index in [1.807, 2.05) is 53.4 Å². The van der Waals surface area contributed by atoms with E-state index in [0.29, 0.717) is 25.9 Å². The van der Waals surface area contributed by atoms with Crippen molar-refractivity contribution in [2.24, 2.45) is 5.92 Å². The van der Waals surface area contributed by atoms with Gasteiger partial charge >= 0.3 is 0 Å². The fourth-order valence-corrected chi connectivity index (χ4v) is 5.70. The van der Waals surface area contributed by atoms with Gasteiger partial charge in [0.1, 0.15) is 0 Å². The normalized spacial score (nSPS) is 19.2. The Kier molecular flexibility index (Phi) is 8.32. The maximum absolute atomic E-state index is 13.0. The van der Waals surface area contributed by atoms with E-state index < -0.39 is 10.0 Å². The van der Waals surface area contributed by atoms with Crippen molar-refractivity contribution in [1.29, 1.82) is 0 Å². The van der Waals surface area contributed by atoms with Crippen molar-refractivity contribution in [2.45, 2.75) is 12.8 Å². The fraction of sp³-hybridized carbons (Fsp3) is 0.370. The Morgan fingerprint density at radius 3 is 1.94 bits per heavy atom. The predicted octanol–water partition coefficient (Wildman–Crippen LogP) is 3.56. The van der Waals surface area contributed by atoms with Crippen LogP contribution in [-0.4, -0.2) is 74.2 Å². The van der Waals surface area contributed by atoms with Crippen LogP contribution in [0.15, 0.2) is 72.1 Å². The summed E-state index contributed by atoms with van der Waals surface area (Å²) in [6.45, 7) is 4.85. The molecule has 34 heavy (non-hydrogen) atoms. The zero-order valence-electron chi connectivity index (χ0n) is 19.5. The largest absolute Gasteiger partial charge is 0.340 e. The minimum atomic E-state index is -3.48. The predicted molar refractivity (Wildman–Crippen MR) is 137 cm³/mol. The number of hydrogen-bond acceptors (Lipinski definition) is 4. The summed E-state index contributed by atoms with van der Waals surface area (Å²) in [6, 6.07) is 19.7. The fourth-order valence-electron chi connectivity index (χ4n) is 4.48. The van der Waals surface area contributed by atoms with E-state index in [2.05, 4.69) is 29.2 Å². The first-order valence-corrected chi connectivity index (χ1v) is 13.5. The van der Waals surface area contributed by atoms with Gasteiger partial charge in [-0.3, -0.25) is 9.69 Å². The lowest BCUT2D eigenvalue weighted by molar-refractivity contribution is -0.138. The smallest absolute Gasteiger partial charge is 0.236 e. The Balaban J connectivity index is 1.21. The number of carbonyl (C=O) groups is 1. The van der Waals surface area contributed by atoms with Crippen LogP contribution in [0.1, 0.15) is 24.0 Å². The first kappa shape index (κ1) is 24.4. The number of nitrogens with zero attached hydrogens (tertiary/aromatic N) is 3.